The summed E-state index contributed by atoms with van der Waals surface area (Å²) in [6, 6.07) is 21.2. The zero-order valence-corrected chi connectivity index (χ0v) is 22.1. The maximum absolute atomic E-state index is 13.7. The molecular weight excluding hydrogens is 503 g/mol. The third-order valence-electron chi connectivity index (χ3n) is 5.93. The van der Waals surface area contributed by atoms with Gasteiger partial charge < -0.3 is 10.2 Å². The van der Waals surface area contributed by atoms with Gasteiger partial charge in [-0.2, -0.15) is 0 Å². The molecule has 0 unspecified atom stereocenters. The second-order valence-corrected chi connectivity index (χ2v) is 9.80. The molecule has 0 fully saturated rings. The molecule has 2 atom stereocenters. The van der Waals surface area contributed by atoms with Crippen LogP contribution in [0.2, 0.25) is 15.1 Å². The van der Waals surface area contributed by atoms with Crippen molar-refractivity contribution < 1.29 is 9.59 Å². The van der Waals surface area contributed by atoms with Gasteiger partial charge in [0.05, 0.1) is 6.42 Å². The normalized spacial score (nSPS) is 12.6. The first-order valence-electron chi connectivity index (χ1n) is 11.6. The van der Waals surface area contributed by atoms with Crippen LogP contribution >= 0.6 is 34.8 Å². The highest BCUT2D eigenvalue weighted by molar-refractivity contribution is 6.36. The summed E-state index contributed by atoms with van der Waals surface area (Å²) in [7, 11) is 0. The van der Waals surface area contributed by atoms with Crippen LogP contribution in [0, 0.1) is 0 Å². The highest BCUT2D eigenvalue weighted by Crippen LogP contribution is 2.27. The molecule has 0 aliphatic rings. The fourth-order valence-electron chi connectivity index (χ4n) is 3.73. The maximum atomic E-state index is 13.7. The molecule has 0 aliphatic carbocycles. The number of halogens is 3. The summed E-state index contributed by atoms with van der Waals surface area (Å²) in [4.78, 5) is 28.9. The van der Waals surface area contributed by atoms with Gasteiger partial charge in [0.15, 0.2) is 0 Å². The van der Waals surface area contributed by atoms with E-state index in [1.54, 1.807) is 35.2 Å². The standard InChI is InChI=1S/C28H29Cl3N2O2/c1-3-19(2)32-28(35)26(16-20-8-5-4-6-9-20)33(18-23-24(30)10-7-11-25(23)31)27(34)17-21-12-14-22(29)15-13-21/h4-15,19,26H,3,16-18H2,1-2H3,(H,32,35)/t19-,26+/m1/s1. The van der Waals surface area contributed by atoms with Gasteiger partial charge in [0.25, 0.3) is 0 Å². The Morgan fingerprint density at radius 3 is 2.09 bits per heavy atom. The van der Waals surface area contributed by atoms with E-state index >= 15 is 0 Å². The first kappa shape index (κ1) is 27.1. The molecule has 35 heavy (non-hydrogen) atoms. The van der Waals surface area contributed by atoms with Gasteiger partial charge in [-0.3, -0.25) is 9.59 Å². The molecule has 0 aliphatic heterocycles. The summed E-state index contributed by atoms with van der Waals surface area (Å²) >= 11 is 19.0. The van der Waals surface area contributed by atoms with Crippen molar-refractivity contribution in [2.45, 2.75) is 51.7 Å². The topological polar surface area (TPSA) is 49.4 Å². The molecule has 4 nitrogen and oxygen atoms in total. The van der Waals surface area contributed by atoms with Gasteiger partial charge >= 0.3 is 0 Å². The van der Waals surface area contributed by atoms with Crippen LogP contribution in [0.3, 0.4) is 0 Å². The minimum atomic E-state index is -0.751. The molecule has 0 spiro atoms. The first-order chi connectivity index (χ1) is 16.8. The number of benzene rings is 3. The minimum absolute atomic E-state index is 0.0297. The molecule has 0 saturated carbocycles. The molecule has 0 saturated heterocycles. The summed E-state index contributed by atoms with van der Waals surface area (Å²) in [5, 5.41) is 4.54. The van der Waals surface area contributed by atoms with E-state index < -0.39 is 6.04 Å². The van der Waals surface area contributed by atoms with Gasteiger partial charge in [0.1, 0.15) is 6.04 Å². The predicted molar refractivity (Wildman–Crippen MR) is 144 cm³/mol. The largest absolute Gasteiger partial charge is 0.352 e. The first-order valence-corrected chi connectivity index (χ1v) is 12.7. The number of nitrogens with zero attached hydrogens (tertiary/aromatic N) is 1. The van der Waals surface area contributed by atoms with Crippen LogP contribution in [0.25, 0.3) is 0 Å². The number of amides is 2. The van der Waals surface area contributed by atoms with Crippen LogP contribution < -0.4 is 5.32 Å². The van der Waals surface area contributed by atoms with Crippen molar-refractivity contribution in [3.63, 3.8) is 0 Å². The molecule has 0 bridgehead atoms. The third-order valence-corrected chi connectivity index (χ3v) is 6.89. The Kier molecular flexibility index (Phi) is 10.0. The molecule has 3 rings (SSSR count). The van der Waals surface area contributed by atoms with E-state index in [1.807, 2.05) is 56.3 Å². The van der Waals surface area contributed by atoms with Crippen molar-refractivity contribution >= 4 is 46.6 Å². The third kappa shape index (κ3) is 7.73. The Hall–Kier alpha value is -2.53. The number of rotatable bonds is 10. The summed E-state index contributed by atoms with van der Waals surface area (Å²) in [5.41, 5.74) is 2.36. The average molecular weight is 532 g/mol. The quantitative estimate of drug-likeness (QED) is 0.315. The fraction of sp³-hybridized carbons (Fsp3) is 0.286. The minimum Gasteiger partial charge on any atom is -0.352 e. The van der Waals surface area contributed by atoms with E-state index in [0.29, 0.717) is 27.1 Å². The monoisotopic (exact) mass is 530 g/mol. The SMILES string of the molecule is CC[C@@H](C)NC(=O)[C@H](Cc1ccccc1)N(Cc1c(Cl)cccc1Cl)C(=O)Cc1ccc(Cl)cc1. The lowest BCUT2D eigenvalue weighted by Crippen LogP contribution is -2.52. The van der Waals surface area contributed by atoms with Crippen molar-refractivity contribution in [2.24, 2.45) is 0 Å². The van der Waals surface area contributed by atoms with Gasteiger partial charge in [-0.1, -0.05) is 90.3 Å². The second kappa shape index (κ2) is 13.0. The van der Waals surface area contributed by atoms with E-state index in [9.17, 15) is 9.59 Å². The van der Waals surface area contributed by atoms with Crippen LogP contribution in [0.5, 0.6) is 0 Å². The van der Waals surface area contributed by atoms with E-state index in [2.05, 4.69) is 5.32 Å². The van der Waals surface area contributed by atoms with E-state index in [1.165, 1.54) is 0 Å². The predicted octanol–water partition coefficient (Wildman–Crippen LogP) is 6.74. The molecule has 0 heterocycles. The number of carbonyl (C=O) groups is 2. The lowest BCUT2D eigenvalue weighted by atomic mass is 10.0. The highest BCUT2D eigenvalue weighted by Gasteiger charge is 2.31. The Morgan fingerprint density at radius 2 is 1.49 bits per heavy atom. The van der Waals surface area contributed by atoms with Gasteiger partial charge in [-0.15, -0.1) is 0 Å². The molecule has 7 heteroatoms. The molecule has 0 radical (unpaired) electrons. The van der Waals surface area contributed by atoms with Crippen LogP contribution in [0.15, 0.2) is 72.8 Å². The summed E-state index contributed by atoms with van der Waals surface area (Å²) in [6.45, 7) is 4.06. The van der Waals surface area contributed by atoms with Crippen molar-refractivity contribution in [1.82, 2.24) is 10.2 Å². The molecular formula is C28H29Cl3N2O2. The fourth-order valence-corrected chi connectivity index (χ4v) is 4.37. The van der Waals surface area contributed by atoms with Crippen LogP contribution in [0.1, 0.15) is 37.0 Å². The van der Waals surface area contributed by atoms with Crippen molar-refractivity contribution in [3.8, 4) is 0 Å². The van der Waals surface area contributed by atoms with E-state index in [0.717, 1.165) is 17.5 Å². The zero-order valence-electron chi connectivity index (χ0n) is 19.8. The van der Waals surface area contributed by atoms with Gasteiger partial charge in [0.2, 0.25) is 11.8 Å². The van der Waals surface area contributed by atoms with E-state index in [4.69, 9.17) is 34.8 Å². The van der Waals surface area contributed by atoms with Crippen molar-refractivity contribution in [1.29, 1.82) is 0 Å². The van der Waals surface area contributed by atoms with Gasteiger partial charge in [0, 0.05) is 39.6 Å². The number of hydrogen-bond donors (Lipinski definition) is 1. The average Bonchev–Trinajstić information content (AvgIpc) is 2.84. The Balaban J connectivity index is 2.01. The van der Waals surface area contributed by atoms with Gasteiger partial charge in [-0.05, 0) is 48.7 Å². The van der Waals surface area contributed by atoms with Crippen molar-refractivity contribution in [3.05, 3.63) is 105 Å². The van der Waals surface area contributed by atoms with E-state index in [-0.39, 0.29) is 30.8 Å². The van der Waals surface area contributed by atoms with Crippen LogP contribution in [-0.2, 0) is 29.0 Å². The summed E-state index contributed by atoms with van der Waals surface area (Å²) < 4.78 is 0. The molecule has 1 N–H and O–H groups in total. The Bertz CT molecular complexity index is 1120. The molecule has 0 aromatic heterocycles. The second-order valence-electron chi connectivity index (χ2n) is 8.55. The maximum Gasteiger partial charge on any atom is 0.243 e. The Labute approximate surface area is 222 Å². The lowest BCUT2D eigenvalue weighted by Gasteiger charge is -2.33. The zero-order chi connectivity index (χ0) is 25.4. The smallest absolute Gasteiger partial charge is 0.243 e. The number of carbonyl (C=O) groups excluding carboxylic acids is 2. The van der Waals surface area contributed by atoms with Crippen LogP contribution in [-0.4, -0.2) is 28.8 Å². The molecule has 3 aromatic carbocycles. The Morgan fingerprint density at radius 1 is 0.857 bits per heavy atom. The number of nitrogens with one attached hydrogen (secondary N) is 1. The molecule has 184 valence electrons. The number of hydrogen-bond acceptors (Lipinski definition) is 2. The lowest BCUT2D eigenvalue weighted by molar-refractivity contribution is -0.141. The van der Waals surface area contributed by atoms with Crippen LogP contribution in [0.4, 0.5) is 0 Å². The highest BCUT2D eigenvalue weighted by atomic mass is 35.5. The summed E-state index contributed by atoms with van der Waals surface area (Å²) in [6.07, 6.45) is 1.25. The molecule has 3 aromatic rings. The van der Waals surface area contributed by atoms with Gasteiger partial charge in [-0.25, -0.2) is 0 Å². The molecule has 2 amide bonds. The van der Waals surface area contributed by atoms with Crippen molar-refractivity contribution in [2.75, 3.05) is 0 Å². The summed E-state index contributed by atoms with van der Waals surface area (Å²) in [5.74, 6) is -0.417.